The number of hydrogen-bond donors (Lipinski definition) is 4. The van der Waals surface area contributed by atoms with Gasteiger partial charge in [-0.3, -0.25) is 0 Å². The number of aliphatic hydroxyl groups is 1. The number of nitrogens with two attached hydrogens (primary N) is 1. The van der Waals surface area contributed by atoms with Crippen LogP contribution in [0.5, 0.6) is 5.75 Å². The number of carbonyl (C=O) groups is 2. The minimum atomic E-state index is -3.03. The summed E-state index contributed by atoms with van der Waals surface area (Å²) in [4.78, 5) is 21.9. The predicted octanol–water partition coefficient (Wildman–Crippen LogP) is 0.414. The van der Waals surface area contributed by atoms with E-state index in [9.17, 15) is 14.7 Å². The van der Waals surface area contributed by atoms with E-state index in [0.29, 0.717) is 13.0 Å². The van der Waals surface area contributed by atoms with Gasteiger partial charge in [0, 0.05) is 5.56 Å². The number of rotatable bonds is 6. The fourth-order valence-corrected chi connectivity index (χ4v) is 1.43. The second-order valence-corrected chi connectivity index (χ2v) is 3.92. The van der Waals surface area contributed by atoms with Gasteiger partial charge in [0.25, 0.3) is 5.60 Å². The molecule has 0 amide bonds. The summed E-state index contributed by atoms with van der Waals surface area (Å²) < 4.78 is 5.26. The summed E-state index contributed by atoms with van der Waals surface area (Å²) in [6.07, 6.45) is 0.700. The summed E-state index contributed by atoms with van der Waals surface area (Å²) in [6, 6.07) is 3.54. The zero-order valence-corrected chi connectivity index (χ0v) is 10.3. The number of carboxylic acid groups (broad SMARTS) is 2. The van der Waals surface area contributed by atoms with Gasteiger partial charge in [-0.05, 0) is 18.6 Å². The molecule has 0 saturated heterocycles. The molecule has 0 atom stereocenters. The number of anilines is 1. The van der Waals surface area contributed by atoms with Crippen LogP contribution >= 0.6 is 0 Å². The first-order chi connectivity index (χ1) is 8.83. The largest absolute Gasteiger partial charge is 0.491 e. The molecular formula is C12H15NO6. The fraction of sp³-hybridized carbons (Fsp3) is 0.333. The van der Waals surface area contributed by atoms with Crippen molar-refractivity contribution >= 4 is 17.6 Å². The quantitative estimate of drug-likeness (QED) is 0.434. The molecule has 0 fully saturated rings. The molecule has 0 aliphatic heterocycles. The van der Waals surface area contributed by atoms with Crippen LogP contribution in [0.1, 0.15) is 18.9 Å². The van der Waals surface area contributed by atoms with E-state index in [4.69, 9.17) is 20.7 Å². The van der Waals surface area contributed by atoms with Gasteiger partial charge in [0.05, 0.1) is 12.3 Å². The molecule has 19 heavy (non-hydrogen) atoms. The summed E-state index contributed by atoms with van der Waals surface area (Å²) in [5, 5.41) is 27.6. The van der Waals surface area contributed by atoms with Crippen molar-refractivity contribution in [2.75, 3.05) is 12.3 Å². The van der Waals surface area contributed by atoms with E-state index in [2.05, 4.69) is 0 Å². The third kappa shape index (κ3) is 2.76. The van der Waals surface area contributed by atoms with Crippen molar-refractivity contribution in [3.05, 3.63) is 23.8 Å². The van der Waals surface area contributed by atoms with E-state index in [1.54, 1.807) is 0 Å². The number of ether oxygens (including phenoxy) is 1. The first-order valence-corrected chi connectivity index (χ1v) is 5.56. The van der Waals surface area contributed by atoms with E-state index in [-0.39, 0.29) is 17.0 Å². The van der Waals surface area contributed by atoms with Crippen molar-refractivity contribution in [3.63, 3.8) is 0 Å². The van der Waals surface area contributed by atoms with Crippen LogP contribution < -0.4 is 10.5 Å². The Bertz CT molecular complexity index is 485. The molecule has 7 heteroatoms. The van der Waals surface area contributed by atoms with Crippen LogP contribution in [0.2, 0.25) is 0 Å². The molecule has 0 heterocycles. The molecule has 0 aromatic heterocycles. The summed E-state index contributed by atoms with van der Waals surface area (Å²) >= 11 is 0. The van der Waals surface area contributed by atoms with E-state index in [0.717, 1.165) is 12.1 Å². The Morgan fingerprint density at radius 1 is 1.32 bits per heavy atom. The summed E-state index contributed by atoms with van der Waals surface area (Å²) in [7, 11) is 0. The van der Waals surface area contributed by atoms with Crippen molar-refractivity contribution in [3.8, 4) is 5.75 Å². The normalized spacial score (nSPS) is 11.1. The number of carboxylic acids is 2. The fourth-order valence-electron chi connectivity index (χ4n) is 1.43. The molecule has 0 spiro atoms. The maximum atomic E-state index is 11.0. The molecule has 0 radical (unpaired) electrons. The van der Waals surface area contributed by atoms with Crippen LogP contribution in [0.25, 0.3) is 0 Å². The van der Waals surface area contributed by atoms with Gasteiger partial charge in [-0.15, -0.1) is 0 Å². The van der Waals surface area contributed by atoms with Gasteiger partial charge in [0.15, 0.2) is 0 Å². The summed E-state index contributed by atoms with van der Waals surface area (Å²) in [6.45, 7) is 2.21. The molecule has 1 rings (SSSR count). The van der Waals surface area contributed by atoms with Gasteiger partial charge in [-0.25, -0.2) is 9.59 Å². The van der Waals surface area contributed by atoms with Gasteiger partial charge in [0.1, 0.15) is 5.75 Å². The van der Waals surface area contributed by atoms with Crippen molar-refractivity contribution in [2.24, 2.45) is 0 Å². The molecule has 7 nitrogen and oxygen atoms in total. The standard InChI is InChI=1S/C12H15NO6/c1-2-5-19-9-6-7(3-4-8(9)13)12(18,10(14)15)11(16)17/h3-4,6,18H,2,5,13H2,1H3,(H,14,15)(H,16,17). The Hall–Kier alpha value is -2.28. The number of nitrogen functional groups attached to an aromatic ring is 1. The molecule has 0 aliphatic carbocycles. The van der Waals surface area contributed by atoms with E-state index < -0.39 is 17.5 Å². The topological polar surface area (TPSA) is 130 Å². The lowest BCUT2D eigenvalue weighted by molar-refractivity contribution is -0.177. The average molecular weight is 269 g/mol. The van der Waals surface area contributed by atoms with Crippen molar-refractivity contribution in [2.45, 2.75) is 18.9 Å². The number of benzene rings is 1. The zero-order valence-electron chi connectivity index (χ0n) is 10.3. The van der Waals surface area contributed by atoms with Crippen LogP contribution in [0, 0.1) is 0 Å². The van der Waals surface area contributed by atoms with Crippen molar-refractivity contribution in [1.82, 2.24) is 0 Å². The molecule has 0 unspecified atom stereocenters. The first-order valence-electron chi connectivity index (χ1n) is 5.56. The summed E-state index contributed by atoms with van der Waals surface area (Å²) in [5.41, 5.74) is 2.50. The summed E-state index contributed by atoms with van der Waals surface area (Å²) in [5.74, 6) is -3.63. The third-order valence-electron chi connectivity index (χ3n) is 2.51. The molecule has 0 saturated carbocycles. The van der Waals surface area contributed by atoms with Crippen LogP contribution in [0.3, 0.4) is 0 Å². The monoisotopic (exact) mass is 269 g/mol. The van der Waals surface area contributed by atoms with Gasteiger partial charge in [-0.1, -0.05) is 13.0 Å². The lowest BCUT2D eigenvalue weighted by Crippen LogP contribution is -2.43. The molecule has 1 aromatic carbocycles. The molecule has 0 bridgehead atoms. The SMILES string of the molecule is CCCOc1cc(C(O)(C(=O)O)C(=O)O)ccc1N. The van der Waals surface area contributed by atoms with Gasteiger partial charge >= 0.3 is 11.9 Å². The van der Waals surface area contributed by atoms with Crippen molar-refractivity contribution < 1.29 is 29.6 Å². The number of aliphatic carboxylic acids is 2. The Kier molecular flexibility index (Phi) is 4.34. The Labute approximate surface area is 109 Å². The van der Waals surface area contributed by atoms with Crippen LogP contribution in [0.4, 0.5) is 5.69 Å². The maximum absolute atomic E-state index is 11.0. The second kappa shape index (κ2) is 5.57. The predicted molar refractivity (Wildman–Crippen MR) is 65.8 cm³/mol. The molecular weight excluding hydrogens is 254 g/mol. The lowest BCUT2D eigenvalue weighted by atomic mass is 9.93. The minimum absolute atomic E-state index is 0.139. The highest BCUT2D eigenvalue weighted by molar-refractivity contribution is 6.02. The second-order valence-electron chi connectivity index (χ2n) is 3.92. The zero-order chi connectivity index (χ0) is 14.6. The molecule has 104 valence electrons. The molecule has 5 N–H and O–H groups in total. The average Bonchev–Trinajstić information content (AvgIpc) is 2.36. The van der Waals surface area contributed by atoms with E-state index in [1.807, 2.05) is 6.92 Å². The van der Waals surface area contributed by atoms with Crippen LogP contribution in [-0.2, 0) is 15.2 Å². The van der Waals surface area contributed by atoms with Gasteiger partial charge < -0.3 is 25.8 Å². The highest BCUT2D eigenvalue weighted by Gasteiger charge is 2.47. The van der Waals surface area contributed by atoms with Crippen LogP contribution in [-0.4, -0.2) is 33.9 Å². The first kappa shape index (κ1) is 14.8. The smallest absolute Gasteiger partial charge is 0.352 e. The highest BCUT2D eigenvalue weighted by atomic mass is 16.5. The molecule has 1 aromatic rings. The van der Waals surface area contributed by atoms with E-state index in [1.165, 1.54) is 6.07 Å². The minimum Gasteiger partial charge on any atom is -0.491 e. The Morgan fingerprint density at radius 3 is 2.37 bits per heavy atom. The number of hydrogen-bond acceptors (Lipinski definition) is 5. The highest BCUT2D eigenvalue weighted by Crippen LogP contribution is 2.30. The van der Waals surface area contributed by atoms with Crippen LogP contribution in [0.15, 0.2) is 18.2 Å². The maximum Gasteiger partial charge on any atom is 0.352 e. The molecule has 0 aliphatic rings. The van der Waals surface area contributed by atoms with Gasteiger partial charge in [0.2, 0.25) is 0 Å². The van der Waals surface area contributed by atoms with Crippen molar-refractivity contribution in [1.29, 1.82) is 0 Å². The lowest BCUT2D eigenvalue weighted by Gasteiger charge is -2.20. The third-order valence-corrected chi connectivity index (χ3v) is 2.51. The van der Waals surface area contributed by atoms with Gasteiger partial charge in [-0.2, -0.15) is 0 Å². The Morgan fingerprint density at radius 2 is 1.89 bits per heavy atom. The Balaban J connectivity index is 3.26. The van der Waals surface area contributed by atoms with E-state index >= 15 is 0 Å².